The van der Waals surface area contributed by atoms with Crippen molar-refractivity contribution in [1.82, 2.24) is 9.80 Å². The number of fused-ring (bicyclic) bond motifs is 2. The van der Waals surface area contributed by atoms with Crippen LogP contribution in [0.3, 0.4) is 0 Å². The summed E-state index contributed by atoms with van der Waals surface area (Å²) in [5, 5.41) is 20.9. The van der Waals surface area contributed by atoms with Crippen LogP contribution < -0.4 is 9.64 Å². The van der Waals surface area contributed by atoms with E-state index in [1.165, 1.54) is 13.2 Å². The highest BCUT2D eigenvalue weighted by atomic mass is 16.6. The van der Waals surface area contributed by atoms with Crippen molar-refractivity contribution in [2.24, 2.45) is 5.92 Å². The van der Waals surface area contributed by atoms with Crippen LogP contribution in [0, 0.1) is 16.0 Å². The zero-order valence-electron chi connectivity index (χ0n) is 18.5. The second-order valence-electron chi connectivity index (χ2n) is 9.58. The van der Waals surface area contributed by atoms with Gasteiger partial charge in [0.1, 0.15) is 0 Å². The maximum absolute atomic E-state index is 11.8. The standard InChI is InChI=1S/C22H32N4O5/c1-15(2)11-22-12-18(13-25(22)21(27)28)24(14-22)16-6-8-23(9-7-16)17-4-5-19(26(29)30)20(10-17)31-3/h4-5,10,15-16,18H,6-9,11-14H2,1-3H3,(H,27,28)/t18-,22-/m0/s1. The van der Waals surface area contributed by atoms with E-state index in [0.717, 1.165) is 51.0 Å². The summed E-state index contributed by atoms with van der Waals surface area (Å²) in [6.45, 7) is 7.52. The number of piperidine rings is 1. The van der Waals surface area contributed by atoms with Crippen LogP contribution >= 0.6 is 0 Å². The van der Waals surface area contributed by atoms with E-state index in [-0.39, 0.29) is 17.0 Å². The molecule has 1 amide bonds. The zero-order valence-corrected chi connectivity index (χ0v) is 18.5. The molecule has 9 nitrogen and oxygen atoms in total. The third kappa shape index (κ3) is 3.91. The number of carbonyl (C=O) groups is 1. The van der Waals surface area contributed by atoms with Crippen molar-refractivity contribution < 1.29 is 19.6 Å². The summed E-state index contributed by atoms with van der Waals surface area (Å²) in [7, 11) is 1.45. The van der Waals surface area contributed by atoms with Crippen LogP contribution in [-0.4, -0.2) is 76.8 Å². The minimum atomic E-state index is -0.787. The first-order valence-electron chi connectivity index (χ1n) is 11.1. The fourth-order valence-electron chi connectivity index (χ4n) is 6.05. The molecule has 1 aromatic carbocycles. The summed E-state index contributed by atoms with van der Waals surface area (Å²) in [4.78, 5) is 29.1. The Labute approximate surface area is 182 Å². The normalized spacial score (nSPS) is 26.6. The number of rotatable bonds is 6. The number of anilines is 1. The van der Waals surface area contributed by atoms with Crippen molar-refractivity contribution in [2.45, 2.75) is 57.2 Å². The van der Waals surface area contributed by atoms with Crippen LogP contribution in [0.25, 0.3) is 0 Å². The van der Waals surface area contributed by atoms with Gasteiger partial charge in [-0.3, -0.25) is 19.9 Å². The predicted octanol–water partition coefficient (Wildman–Crippen LogP) is 3.43. The van der Waals surface area contributed by atoms with Gasteiger partial charge in [0.2, 0.25) is 0 Å². The van der Waals surface area contributed by atoms with Gasteiger partial charge in [-0.2, -0.15) is 0 Å². The SMILES string of the molecule is COc1cc(N2CCC(N3C[C@]4(CC(C)C)C[C@H]3CN4C(=O)O)CC2)ccc1[N+](=O)[O-]. The lowest BCUT2D eigenvalue weighted by Gasteiger charge is -2.46. The van der Waals surface area contributed by atoms with Gasteiger partial charge >= 0.3 is 11.8 Å². The molecule has 0 unspecified atom stereocenters. The summed E-state index contributed by atoms with van der Waals surface area (Å²) in [6, 6.07) is 5.81. The topological polar surface area (TPSA) is 99.4 Å². The van der Waals surface area contributed by atoms with Gasteiger partial charge in [0.05, 0.1) is 17.6 Å². The number of nitro benzene ring substituents is 1. The number of piperazine rings is 1. The summed E-state index contributed by atoms with van der Waals surface area (Å²) >= 11 is 0. The molecule has 0 aromatic heterocycles. The lowest BCUT2D eigenvalue weighted by Crippen LogP contribution is -2.59. The van der Waals surface area contributed by atoms with Gasteiger partial charge in [-0.05, 0) is 37.7 Å². The van der Waals surface area contributed by atoms with Gasteiger partial charge in [-0.1, -0.05) is 13.8 Å². The highest BCUT2D eigenvalue weighted by Crippen LogP contribution is 2.46. The van der Waals surface area contributed by atoms with E-state index >= 15 is 0 Å². The van der Waals surface area contributed by atoms with Crippen LogP contribution in [0.5, 0.6) is 5.75 Å². The van der Waals surface area contributed by atoms with Crippen LogP contribution in [0.15, 0.2) is 18.2 Å². The Morgan fingerprint density at radius 3 is 2.61 bits per heavy atom. The molecule has 3 aliphatic rings. The molecule has 9 heteroatoms. The lowest BCUT2D eigenvalue weighted by atomic mass is 9.88. The van der Waals surface area contributed by atoms with Crippen LogP contribution in [-0.2, 0) is 0 Å². The third-order valence-electron chi connectivity index (χ3n) is 7.21. The summed E-state index contributed by atoms with van der Waals surface area (Å²) in [6.07, 6.45) is 3.07. The molecular weight excluding hydrogens is 400 g/mol. The zero-order chi connectivity index (χ0) is 22.3. The van der Waals surface area contributed by atoms with E-state index in [1.54, 1.807) is 17.0 Å². The maximum Gasteiger partial charge on any atom is 0.407 e. The molecule has 2 bridgehead atoms. The molecule has 1 aromatic rings. The first-order chi connectivity index (χ1) is 14.7. The fourth-order valence-corrected chi connectivity index (χ4v) is 6.05. The Bertz CT molecular complexity index is 854. The summed E-state index contributed by atoms with van der Waals surface area (Å²) in [5.41, 5.74) is 0.679. The molecule has 31 heavy (non-hydrogen) atoms. The van der Waals surface area contributed by atoms with Crippen molar-refractivity contribution in [2.75, 3.05) is 38.2 Å². The van der Waals surface area contributed by atoms with Gasteiger partial charge in [-0.15, -0.1) is 0 Å². The van der Waals surface area contributed by atoms with Gasteiger partial charge < -0.3 is 14.7 Å². The second kappa shape index (κ2) is 8.18. The van der Waals surface area contributed by atoms with Crippen LogP contribution in [0.2, 0.25) is 0 Å². The van der Waals surface area contributed by atoms with Crippen LogP contribution in [0.1, 0.15) is 39.5 Å². The molecule has 170 valence electrons. The van der Waals surface area contributed by atoms with Crippen molar-refractivity contribution in [3.63, 3.8) is 0 Å². The number of hydrogen-bond donors (Lipinski definition) is 1. The number of hydrogen-bond acceptors (Lipinski definition) is 6. The second-order valence-corrected chi connectivity index (χ2v) is 9.58. The van der Waals surface area contributed by atoms with Crippen LogP contribution in [0.4, 0.5) is 16.2 Å². The smallest absolute Gasteiger partial charge is 0.407 e. The number of nitro groups is 1. The first-order valence-corrected chi connectivity index (χ1v) is 11.1. The lowest BCUT2D eigenvalue weighted by molar-refractivity contribution is -0.385. The average Bonchev–Trinajstić information content (AvgIpc) is 3.28. The number of amides is 1. The minimum Gasteiger partial charge on any atom is -0.490 e. The Morgan fingerprint density at radius 2 is 2.03 bits per heavy atom. The Balaban J connectivity index is 1.42. The molecule has 2 atom stereocenters. The Morgan fingerprint density at radius 1 is 1.32 bits per heavy atom. The maximum atomic E-state index is 11.8. The first kappa shape index (κ1) is 21.7. The van der Waals surface area contributed by atoms with Crippen molar-refractivity contribution in [1.29, 1.82) is 0 Å². The molecule has 3 aliphatic heterocycles. The van der Waals surface area contributed by atoms with E-state index in [1.807, 2.05) is 0 Å². The molecule has 1 N–H and O–H groups in total. The van der Waals surface area contributed by atoms with Crippen molar-refractivity contribution in [3.8, 4) is 5.75 Å². The van der Waals surface area contributed by atoms with Gasteiger partial charge in [-0.25, -0.2) is 4.79 Å². The number of benzene rings is 1. The number of carboxylic acid groups (broad SMARTS) is 1. The van der Waals surface area contributed by atoms with Gasteiger partial charge in [0.15, 0.2) is 5.75 Å². The summed E-state index contributed by atoms with van der Waals surface area (Å²) in [5.74, 6) is 0.741. The van der Waals surface area contributed by atoms with Crippen molar-refractivity contribution >= 4 is 17.5 Å². The highest BCUT2D eigenvalue weighted by Gasteiger charge is 2.57. The van der Waals surface area contributed by atoms with E-state index in [9.17, 15) is 20.0 Å². The quantitative estimate of drug-likeness (QED) is 0.543. The molecule has 0 aliphatic carbocycles. The third-order valence-corrected chi connectivity index (χ3v) is 7.21. The molecule has 0 radical (unpaired) electrons. The molecule has 0 spiro atoms. The molecule has 0 saturated carbocycles. The molecule has 3 heterocycles. The van der Waals surface area contributed by atoms with E-state index in [2.05, 4.69) is 23.6 Å². The Hall–Kier alpha value is -2.55. The molecular formula is C22H32N4O5. The predicted molar refractivity (Wildman–Crippen MR) is 117 cm³/mol. The van der Waals surface area contributed by atoms with E-state index in [4.69, 9.17) is 4.74 Å². The number of likely N-dealkylation sites (tertiary alicyclic amines) is 2. The number of ether oxygens (including phenoxy) is 1. The monoisotopic (exact) mass is 432 g/mol. The Kier molecular flexibility index (Phi) is 5.72. The molecule has 4 rings (SSSR count). The number of nitrogens with zero attached hydrogens (tertiary/aromatic N) is 4. The molecule has 3 fully saturated rings. The minimum absolute atomic E-state index is 0.0207. The van der Waals surface area contributed by atoms with Crippen molar-refractivity contribution in [3.05, 3.63) is 28.3 Å². The fraction of sp³-hybridized carbons (Fsp3) is 0.682. The van der Waals surface area contributed by atoms with E-state index < -0.39 is 11.0 Å². The summed E-state index contributed by atoms with van der Waals surface area (Å²) < 4.78 is 5.22. The van der Waals surface area contributed by atoms with Gasteiger partial charge in [0, 0.05) is 56.1 Å². The van der Waals surface area contributed by atoms with E-state index in [0.29, 0.717) is 24.5 Å². The van der Waals surface area contributed by atoms with Gasteiger partial charge in [0.25, 0.3) is 0 Å². The molecule has 3 saturated heterocycles. The largest absolute Gasteiger partial charge is 0.490 e. The highest BCUT2D eigenvalue weighted by molar-refractivity contribution is 5.67. The number of methoxy groups -OCH3 is 1. The average molecular weight is 433 g/mol.